The van der Waals surface area contributed by atoms with Gasteiger partial charge in [0.25, 0.3) is 11.8 Å². The van der Waals surface area contributed by atoms with Crippen molar-refractivity contribution < 1.29 is 18.7 Å². The van der Waals surface area contributed by atoms with E-state index in [9.17, 15) is 9.59 Å². The van der Waals surface area contributed by atoms with Crippen LogP contribution in [0.2, 0.25) is 0 Å². The van der Waals surface area contributed by atoms with Gasteiger partial charge in [0.2, 0.25) is 0 Å². The highest BCUT2D eigenvalue weighted by atomic mass is 16.2. The topological polar surface area (TPSA) is 132 Å². The van der Waals surface area contributed by atoms with Gasteiger partial charge in [0.05, 0.1) is 35.7 Å². The van der Waals surface area contributed by atoms with Crippen molar-refractivity contribution in [1.29, 1.82) is 0 Å². The highest BCUT2D eigenvalue weighted by Gasteiger charge is 2.18. The molecule has 0 aliphatic heterocycles. The van der Waals surface area contributed by atoms with Gasteiger partial charge in [0, 0.05) is 120 Å². The van der Waals surface area contributed by atoms with Crippen molar-refractivity contribution in [3.63, 3.8) is 0 Å². The maximum Gasteiger partial charge on any atom is 0.350 e. The molecule has 4 aromatic heterocycles. The molecule has 78 heavy (non-hydrogen) atoms. The van der Waals surface area contributed by atoms with Crippen molar-refractivity contribution in [1.82, 2.24) is 18.9 Å². The molecule has 0 atom stereocenters. The molecule has 0 unspecified atom stereocenters. The molecule has 5 aromatic carbocycles. The minimum Gasteiger partial charge on any atom is -0.356 e. The largest absolute Gasteiger partial charge is 0.356 e. The maximum absolute atomic E-state index is 13.5. The number of nitrogens with one attached hydrogen (secondary N) is 2. The van der Waals surface area contributed by atoms with E-state index < -0.39 is 0 Å². The average molecular weight is 1040 g/mol. The van der Waals surface area contributed by atoms with Gasteiger partial charge < -0.3 is 29.6 Å². The number of nitrogens with zero attached hydrogens (tertiary/aromatic N) is 10. The van der Waals surface area contributed by atoms with Crippen LogP contribution in [0.5, 0.6) is 0 Å². The first-order valence-corrected chi connectivity index (χ1v) is 26.7. The van der Waals surface area contributed by atoms with E-state index in [0.717, 1.165) is 58.3 Å². The lowest BCUT2D eigenvalue weighted by Gasteiger charge is -2.18. The zero-order valence-electron chi connectivity index (χ0n) is 45.4. The number of pyridine rings is 2. The van der Waals surface area contributed by atoms with Crippen molar-refractivity contribution in [2.45, 2.75) is 66.5 Å². The molecule has 9 aromatic rings. The molecule has 0 aliphatic carbocycles. The highest BCUT2D eigenvalue weighted by Crippen LogP contribution is 2.27. The standard InChI is InChI=1S/C64H66N12O2/c1-7-57-35-17-47(3)75(57)59-37-31-53(32-38-59)65-51-23-27-55(28-24-51)67-69-61-15-9-11-43-73(61)45-13-41-71(5)63(77)49-19-21-50(22-20-49)64(78)72(6)42-14-46-74-44-12-10-16-62(74)70-68-56-29-25-52(26-30-56)66-54-33-39-60(40-34-54)76-48(4)18-36-58(76)8-2/h9-12,15-40,43-44H,7-8,13-14,41-42,45-46H2,1-6H3/p+2. The van der Waals surface area contributed by atoms with Crippen molar-refractivity contribution in [2.75, 3.05) is 37.8 Å². The molecule has 0 aliphatic rings. The molecule has 394 valence electrons. The number of hydrogen-bond acceptors (Lipinski definition) is 8. The van der Waals surface area contributed by atoms with Crippen LogP contribution in [0.4, 0.5) is 45.8 Å². The summed E-state index contributed by atoms with van der Waals surface area (Å²) in [6, 6.07) is 59.9. The summed E-state index contributed by atoms with van der Waals surface area (Å²) in [6.45, 7) is 11.0. The molecule has 2 amide bonds. The summed E-state index contributed by atoms with van der Waals surface area (Å²) in [5.41, 5.74) is 13.8. The fourth-order valence-corrected chi connectivity index (χ4v) is 9.49. The molecule has 4 heterocycles. The van der Waals surface area contributed by atoms with E-state index in [1.54, 1.807) is 48.2 Å². The zero-order valence-corrected chi connectivity index (χ0v) is 45.4. The summed E-state index contributed by atoms with van der Waals surface area (Å²) >= 11 is 0. The van der Waals surface area contributed by atoms with Gasteiger partial charge in [-0.2, -0.15) is 0 Å². The summed E-state index contributed by atoms with van der Waals surface area (Å²) in [5, 5.41) is 25.2. The number of aromatic nitrogens is 4. The van der Waals surface area contributed by atoms with Crippen LogP contribution >= 0.6 is 0 Å². The molecule has 0 fully saturated rings. The van der Waals surface area contributed by atoms with Gasteiger partial charge in [-0.05, 0) is 195 Å². The molecule has 14 heteroatoms. The maximum atomic E-state index is 13.5. The lowest BCUT2D eigenvalue weighted by molar-refractivity contribution is -0.684. The number of carbonyl (C=O) groups excluding carboxylic acids is 2. The Kier molecular flexibility index (Phi) is 17.5. The number of hydrogen-bond donors (Lipinski definition) is 2. The first-order valence-electron chi connectivity index (χ1n) is 26.7. The molecule has 0 spiro atoms. The molecule has 0 saturated carbocycles. The Labute approximate surface area is 457 Å². The molecule has 0 radical (unpaired) electrons. The van der Waals surface area contributed by atoms with Crippen molar-refractivity contribution in [3.05, 3.63) is 228 Å². The Hall–Kier alpha value is -9.30. The van der Waals surface area contributed by atoms with E-state index >= 15 is 0 Å². The fraction of sp³-hybridized carbons (Fsp3) is 0.219. The highest BCUT2D eigenvalue weighted by molar-refractivity contribution is 5.97. The number of aryl methyl sites for hydroxylation is 6. The SMILES string of the molecule is CCc1ccc(C)n1-c1ccc(Nc2ccc(/N=N/c3cccc[n+]3CCCN(C)C(=O)c3ccc(C(=O)N(C)CCC[n+]4ccccc4/N=N/c4ccc(Nc5ccc(-n6c(C)ccc6CC)cc5)cc4)cc3)cc2)cc1. The molecule has 0 saturated heterocycles. The second-order valence-electron chi connectivity index (χ2n) is 19.4. The van der Waals surface area contributed by atoms with E-state index in [0.29, 0.717) is 61.8 Å². The van der Waals surface area contributed by atoms with Crippen LogP contribution in [-0.2, 0) is 25.9 Å². The van der Waals surface area contributed by atoms with Gasteiger partial charge >= 0.3 is 11.6 Å². The van der Waals surface area contributed by atoms with E-state index in [-0.39, 0.29) is 11.8 Å². The molecule has 9 rings (SSSR count). The summed E-state index contributed by atoms with van der Waals surface area (Å²) in [6.07, 6.45) is 7.31. The molecule has 0 bridgehead atoms. The minimum absolute atomic E-state index is 0.110. The second-order valence-corrected chi connectivity index (χ2v) is 19.4. The fourth-order valence-electron chi connectivity index (χ4n) is 9.49. The third-order valence-corrected chi connectivity index (χ3v) is 13.8. The van der Waals surface area contributed by atoms with Gasteiger partial charge in [-0.15, -0.1) is 0 Å². The van der Waals surface area contributed by atoms with E-state index in [4.69, 9.17) is 0 Å². The molecule has 2 N–H and O–H groups in total. The summed E-state index contributed by atoms with van der Waals surface area (Å²) < 4.78 is 8.65. The Morgan fingerprint density at radius 1 is 0.449 bits per heavy atom. The zero-order chi connectivity index (χ0) is 54.4. The van der Waals surface area contributed by atoms with Gasteiger partial charge in [0.1, 0.15) is 11.4 Å². The number of anilines is 4. The van der Waals surface area contributed by atoms with Crippen molar-refractivity contribution in [3.8, 4) is 11.4 Å². The monoisotopic (exact) mass is 1040 g/mol. The van der Waals surface area contributed by atoms with Crippen LogP contribution in [0.15, 0.2) is 215 Å². The smallest absolute Gasteiger partial charge is 0.350 e. The van der Waals surface area contributed by atoms with Crippen LogP contribution in [0.3, 0.4) is 0 Å². The van der Waals surface area contributed by atoms with Crippen LogP contribution in [0.1, 0.15) is 70.2 Å². The molecule has 14 nitrogen and oxygen atoms in total. The number of rotatable bonds is 22. The summed E-state index contributed by atoms with van der Waals surface area (Å²) in [4.78, 5) is 30.4. The number of amides is 2. The lowest BCUT2D eigenvalue weighted by Crippen LogP contribution is -2.36. The normalized spacial score (nSPS) is 11.4. The second kappa shape index (κ2) is 25.5. The van der Waals surface area contributed by atoms with Gasteiger partial charge in [-0.1, -0.05) is 26.0 Å². The van der Waals surface area contributed by atoms with Crippen LogP contribution < -0.4 is 19.8 Å². The average Bonchev–Trinajstić information content (AvgIpc) is 4.10. The predicted molar refractivity (Wildman–Crippen MR) is 310 cm³/mol. The quantitative estimate of drug-likeness (QED) is 0.0517. The Morgan fingerprint density at radius 3 is 1.17 bits per heavy atom. The Bertz CT molecular complexity index is 3270. The Morgan fingerprint density at radius 2 is 0.808 bits per heavy atom. The summed E-state index contributed by atoms with van der Waals surface area (Å²) in [7, 11) is 3.60. The van der Waals surface area contributed by atoms with E-state index in [1.165, 1.54) is 22.8 Å². The van der Waals surface area contributed by atoms with Crippen molar-refractivity contribution in [2.24, 2.45) is 20.5 Å². The van der Waals surface area contributed by atoms with E-state index in [1.807, 2.05) is 106 Å². The minimum atomic E-state index is -0.110. The third kappa shape index (κ3) is 13.4. The number of carbonyl (C=O) groups is 2. The predicted octanol–water partition coefficient (Wildman–Crippen LogP) is 14.2. The third-order valence-electron chi connectivity index (χ3n) is 13.8. The van der Waals surface area contributed by atoms with Gasteiger partial charge in [0.15, 0.2) is 0 Å². The van der Waals surface area contributed by atoms with Crippen molar-refractivity contribution >= 4 is 57.6 Å². The van der Waals surface area contributed by atoms with Crippen LogP contribution in [0, 0.1) is 13.8 Å². The Balaban J connectivity index is 0.700. The van der Waals surface area contributed by atoms with Gasteiger partial charge in [-0.25, -0.2) is 9.13 Å². The first kappa shape index (κ1) is 53.5. The van der Waals surface area contributed by atoms with Crippen LogP contribution in [-0.4, -0.2) is 57.9 Å². The number of benzene rings is 5. The number of azo groups is 2. The van der Waals surface area contributed by atoms with Crippen LogP contribution in [0.25, 0.3) is 11.4 Å². The summed E-state index contributed by atoms with van der Waals surface area (Å²) in [5.74, 6) is 1.21. The van der Waals surface area contributed by atoms with Gasteiger partial charge in [-0.3, -0.25) is 9.59 Å². The molecular formula is C64H68N12O2+2. The first-order chi connectivity index (χ1) is 38.0. The molecular weight excluding hydrogens is 969 g/mol. The van der Waals surface area contributed by atoms with E-state index in [2.05, 4.69) is 141 Å². The lowest BCUT2D eigenvalue weighted by atomic mass is 10.1.